The van der Waals surface area contributed by atoms with Gasteiger partial charge in [0.15, 0.2) is 0 Å². The number of benzene rings is 1. The van der Waals surface area contributed by atoms with Crippen LogP contribution < -0.4 is 5.32 Å². The van der Waals surface area contributed by atoms with Crippen molar-refractivity contribution >= 4 is 29.0 Å². The normalized spacial score (nSPS) is 13.1. The second kappa shape index (κ2) is 6.46. The van der Waals surface area contributed by atoms with Crippen LogP contribution in [0.3, 0.4) is 0 Å². The van der Waals surface area contributed by atoms with Crippen LogP contribution in [-0.2, 0) is 19.4 Å². The van der Waals surface area contributed by atoms with Crippen molar-refractivity contribution in [1.82, 2.24) is 14.8 Å². The third-order valence-corrected chi connectivity index (χ3v) is 5.06. The maximum atomic E-state index is 6.41. The summed E-state index contributed by atoms with van der Waals surface area (Å²) in [6.07, 6.45) is 6.81. The van der Waals surface area contributed by atoms with Crippen LogP contribution in [0.25, 0.3) is 5.69 Å². The molecular formula is C18H16Cl2N4. The van der Waals surface area contributed by atoms with E-state index < -0.39 is 0 Å². The number of halogens is 2. The van der Waals surface area contributed by atoms with Gasteiger partial charge in [-0.3, -0.25) is 4.98 Å². The Morgan fingerprint density at radius 3 is 2.88 bits per heavy atom. The van der Waals surface area contributed by atoms with Gasteiger partial charge in [-0.15, -0.1) is 0 Å². The maximum Gasteiger partial charge on any atom is 0.133 e. The molecule has 4 nitrogen and oxygen atoms in total. The minimum atomic E-state index is 0.518. The molecule has 3 aromatic rings. The summed E-state index contributed by atoms with van der Waals surface area (Å²) >= 11 is 12.6. The van der Waals surface area contributed by atoms with Gasteiger partial charge < -0.3 is 5.32 Å². The first-order valence-electron chi connectivity index (χ1n) is 7.92. The van der Waals surface area contributed by atoms with Crippen molar-refractivity contribution in [3.05, 3.63) is 69.6 Å². The third-order valence-electron chi connectivity index (χ3n) is 4.25. The van der Waals surface area contributed by atoms with Crippen LogP contribution in [0.2, 0.25) is 10.0 Å². The Morgan fingerprint density at radius 2 is 2.04 bits per heavy atom. The highest BCUT2D eigenvalue weighted by molar-refractivity contribution is 6.43. The van der Waals surface area contributed by atoms with Crippen LogP contribution in [0.1, 0.15) is 23.2 Å². The first kappa shape index (κ1) is 15.5. The molecule has 0 aliphatic heterocycles. The number of nitrogens with one attached hydrogen (secondary N) is 1. The summed E-state index contributed by atoms with van der Waals surface area (Å²) in [5.41, 5.74) is 4.33. The Kier molecular flexibility index (Phi) is 4.17. The fourth-order valence-corrected chi connectivity index (χ4v) is 3.47. The number of hydrogen-bond acceptors (Lipinski definition) is 3. The van der Waals surface area contributed by atoms with Crippen molar-refractivity contribution in [2.45, 2.75) is 25.8 Å². The van der Waals surface area contributed by atoms with Crippen molar-refractivity contribution < 1.29 is 0 Å². The highest BCUT2D eigenvalue weighted by Gasteiger charge is 2.24. The van der Waals surface area contributed by atoms with E-state index in [2.05, 4.69) is 10.3 Å². The molecular weight excluding hydrogens is 343 g/mol. The van der Waals surface area contributed by atoms with E-state index in [1.807, 2.05) is 35.1 Å². The number of rotatable bonds is 4. The molecule has 1 N–H and O–H groups in total. The van der Waals surface area contributed by atoms with Crippen molar-refractivity contribution in [3.8, 4) is 5.69 Å². The molecule has 0 radical (unpaired) electrons. The summed E-state index contributed by atoms with van der Waals surface area (Å²) < 4.78 is 1.88. The number of aryl methyl sites for hydroxylation is 1. The van der Waals surface area contributed by atoms with Gasteiger partial charge in [-0.05, 0) is 43.0 Å². The Labute approximate surface area is 150 Å². The average Bonchev–Trinajstić information content (AvgIpc) is 3.18. The molecule has 0 fully saturated rings. The smallest absolute Gasteiger partial charge is 0.133 e. The van der Waals surface area contributed by atoms with Crippen molar-refractivity contribution in [2.75, 3.05) is 5.32 Å². The summed E-state index contributed by atoms with van der Waals surface area (Å²) in [6.45, 7) is 0.685. The number of hydrogen-bond donors (Lipinski definition) is 1. The second-order valence-corrected chi connectivity index (χ2v) is 6.61. The van der Waals surface area contributed by atoms with Gasteiger partial charge in [0.25, 0.3) is 0 Å². The fourth-order valence-electron chi connectivity index (χ4n) is 3.09. The molecule has 0 unspecified atom stereocenters. The van der Waals surface area contributed by atoms with Crippen LogP contribution in [0, 0.1) is 0 Å². The lowest BCUT2D eigenvalue weighted by atomic mass is 10.2. The van der Waals surface area contributed by atoms with E-state index in [-0.39, 0.29) is 0 Å². The second-order valence-electron chi connectivity index (χ2n) is 5.83. The van der Waals surface area contributed by atoms with E-state index in [1.165, 1.54) is 5.56 Å². The molecule has 2 aromatic heterocycles. The zero-order valence-electron chi connectivity index (χ0n) is 13.0. The van der Waals surface area contributed by atoms with E-state index in [4.69, 9.17) is 28.3 Å². The number of pyridine rings is 1. The van der Waals surface area contributed by atoms with Gasteiger partial charge in [0.05, 0.1) is 21.4 Å². The predicted molar refractivity (Wildman–Crippen MR) is 97.2 cm³/mol. The molecule has 0 spiro atoms. The average molecular weight is 359 g/mol. The number of fused-ring (bicyclic) bond motifs is 1. The first-order chi connectivity index (χ1) is 11.7. The van der Waals surface area contributed by atoms with Gasteiger partial charge in [0.1, 0.15) is 5.82 Å². The van der Waals surface area contributed by atoms with E-state index in [9.17, 15) is 0 Å². The molecule has 1 aliphatic rings. The lowest BCUT2D eigenvalue weighted by molar-refractivity contribution is 0.800. The van der Waals surface area contributed by atoms with E-state index >= 15 is 0 Å². The first-order valence-corrected chi connectivity index (χ1v) is 8.67. The number of anilines is 1. The molecule has 0 bridgehead atoms. The lowest BCUT2D eigenvalue weighted by Gasteiger charge is -2.13. The summed E-state index contributed by atoms with van der Waals surface area (Å²) in [6, 6.07) is 9.60. The molecule has 0 atom stereocenters. The molecule has 2 heterocycles. The van der Waals surface area contributed by atoms with Crippen LogP contribution in [-0.4, -0.2) is 14.8 Å². The summed E-state index contributed by atoms with van der Waals surface area (Å²) in [4.78, 5) is 4.16. The topological polar surface area (TPSA) is 42.7 Å². The zero-order chi connectivity index (χ0) is 16.5. The number of aromatic nitrogens is 3. The molecule has 1 aromatic carbocycles. The van der Waals surface area contributed by atoms with Crippen LogP contribution >= 0.6 is 23.2 Å². The van der Waals surface area contributed by atoms with Gasteiger partial charge in [0.2, 0.25) is 0 Å². The molecule has 6 heteroatoms. The predicted octanol–water partition coefficient (Wildman–Crippen LogP) is 4.67. The number of nitrogens with zero attached hydrogens (tertiary/aromatic N) is 3. The molecule has 0 saturated carbocycles. The van der Waals surface area contributed by atoms with Crippen molar-refractivity contribution in [1.29, 1.82) is 0 Å². The monoisotopic (exact) mass is 358 g/mol. The highest BCUT2D eigenvalue weighted by Crippen LogP contribution is 2.35. The molecule has 0 saturated heterocycles. The van der Waals surface area contributed by atoms with Gasteiger partial charge in [-0.2, -0.15) is 5.10 Å². The van der Waals surface area contributed by atoms with E-state index in [0.717, 1.165) is 42.0 Å². The van der Waals surface area contributed by atoms with Crippen LogP contribution in [0.5, 0.6) is 0 Å². The van der Waals surface area contributed by atoms with Crippen molar-refractivity contribution in [2.24, 2.45) is 0 Å². The van der Waals surface area contributed by atoms with Crippen LogP contribution in [0.4, 0.5) is 5.82 Å². The minimum absolute atomic E-state index is 0.518. The van der Waals surface area contributed by atoms with Gasteiger partial charge >= 0.3 is 0 Å². The lowest BCUT2D eigenvalue weighted by Crippen LogP contribution is -2.09. The third kappa shape index (κ3) is 2.76. The van der Waals surface area contributed by atoms with Crippen molar-refractivity contribution in [3.63, 3.8) is 0 Å². The summed E-state index contributed by atoms with van der Waals surface area (Å²) in [5, 5.41) is 9.33. The highest BCUT2D eigenvalue weighted by atomic mass is 35.5. The Hall–Kier alpha value is -2.04. The molecule has 24 heavy (non-hydrogen) atoms. The molecule has 1 aliphatic carbocycles. The van der Waals surface area contributed by atoms with Gasteiger partial charge in [0, 0.05) is 24.5 Å². The molecule has 0 amide bonds. The fraction of sp³-hybridized carbons (Fsp3) is 0.222. The Balaban J connectivity index is 1.74. The van der Waals surface area contributed by atoms with E-state index in [1.54, 1.807) is 12.3 Å². The largest absolute Gasteiger partial charge is 0.366 e. The zero-order valence-corrected chi connectivity index (χ0v) is 14.5. The Bertz CT molecular complexity index is 874. The molecule has 122 valence electrons. The van der Waals surface area contributed by atoms with Gasteiger partial charge in [-0.1, -0.05) is 35.3 Å². The maximum absolute atomic E-state index is 6.41. The molecule has 4 rings (SSSR count). The summed E-state index contributed by atoms with van der Waals surface area (Å²) in [5.74, 6) is 0.996. The van der Waals surface area contributed by atoms with E-state index in [0.29, 0.717) is 16.6 Å². The SMILES string of the molecule is Clc1cccc(-n2nc3c(c2NCc2cccnc2)CCC3)c1Cl. The summed E-state index contributed by atoms with van der Waals surface area (Å²) in [7, 11) is 0. The quantitative estimate of drug-likeness (QED) is 0.736. The minimum Gasteiger partial charge on any atom is -0.366 e. The van der Waals surface area contributed by atoms with Gasteiger partial charge in [-0.25, -0.2) is 4.68 Å². The Morgan fingerprint density at radius 1 is 1.12 bits per heavy atom. The standard InChI is InChI=1S/C18H16Cl2N4/c19-14-6-2-8-16(17(14)20)24-18(13-5-1-7-15(13)23-24)22-11-12-4-3-9-21-10-12/h2-4,6,8-10,22H,1,5,7,11H2. The van der Waals surface area contributed by atoms with Crippen LogP contribution in [0.15, 0.2) is 42.7 Å².